The fourth-order valence-electron chi connectivity index (χ4n) is 4.84. The number of amides is 1. The monoisotopic (exact) mass is 622 g/mol. The highest BCUT2D eigenvalue weighted by molar-refractivity contribution is 9.10. The molecule has 0 bridgehead atoms. The second-order valence-electron chi connectivity index (χ2n) is 9.55. The Hall–Kier alpha value is -3.69. The Morgan fingerprint density at radius 3 is 2.67 bits per heavy atom. The molecule has 1 fully saturated rings. The summed E-state index contributed by atoms with van der Waals surface area (Å²) in [6, 6.07) is 17.6. The van der Waals surface area contributed by atoms with Crippen LogP contribution in [-0.2, 0) is 4.79 Å². The van der Waals surface area contributed by atoms with Crippen LogP contribution in [0.2, 0.25) is 5.02 Å². The predicted molar refractivity (Wildman–Crippen MR) is 161 cm³/mol. The third-order valence-electron chi connectivity index (χ3n) is 6.82. The van der Waals surface area contributed by atoms with Crippen molar-refractivity contribution in [2.24, 2.45) is 5.10 Å². The van der Waals surface area contributed by atoms with E-state index >= 15 is 0 Å². The van der Waals surface area contributed by atoms with Crippen molar-refractivity contribution in [3.05, 3.63) is 91.9 Å². The zero-order chi connectivity index (χ0) is 28.1. The number of nitrogens with zero attached hydrogens (tertiary/aromatic N) is 3. The lowest BCUT2D eigenvalue weighted by atomic mass is 9.88. The minimum Gasteiger partial charge on any atom is -0.493 e. The molecule has 3 aromatic carbocycles. The summed E-state index contributed by atoms with van der Waals surface area (Å²) >= 11 is 9.38. The summed E-state index contributed by atoms with van der Waals surface area (Å²) in [7, 11) is 1.52. The molecule has 1 aliphatic carbocycles. The van der Waals surface area contributed by atoms with Crippen LogP contribution in [0.1, 0.15) is 49.4 Å². The van der Waals surface area contributed by atoms with Crippen molar-refractivity contribution >= 4 is 56.2 Å². The first-order valence-electron chi connectivity index (χ1n) is 13.0. The maximum atomic E-state index is 13.7. The Morgan fingerprint density at radius 1 is 1.15 bits per heavy atom. The standard InChI is InChI=1S/C30H28BrClN4O4/c1-39-26-9-5-8-20(28(26)40-18-27(37)34-23-13-11-22(32)12-14-23)17-33-36-29(19-6-3-2-4-7-19)35-25-15-10-21(31)16-24(25)30(36)38/h5,8-17,19H,2-4,6-7,18H2,1H3,(H,34,37). The highest BCUT2D eigenvalue weighted by Gasteiger charge is 2.23. The maximum Gasteiger partial charge on any atom is 0.282 e. The number of rotatable bonds is 8. The lowest BCUT2D eigenvalue weighted by Gasteiger charge is -2.22. The average Bonchev–Trinajstić information content (AvgIpc) is 2.97. The van der Waals surface area contributed by atoms with E-state index in [-0.39, 0.29) is 24.0 Å². The number of aromatic nitrogens is 2. The fraction of sp³-hybridized carbons (Fsp3) is 0.267. The number of anilines is 1. The van der Waals surface area contributed by atoms with E-state index in [1.54, 1.807) is 54.7 Å². The number of para-hydroxylation sites is 1. The van der Waals surface area contributed by atoms with Gasteiger partial charge in [0.05, 0.1) is 24.2 Å². The van der Waals surface area contributed by atoms with Gasteiger partial charge in [-0.1, -0.05) is 52.9 Å². The summed E-state index contributed by atoms with van der Waals surface area (Å²) in [6.45, 7) is -0.261. The molecule has 5 rings (SSSR count). The first-order chi connectivity index (χ1) is 19.4. The van der Waals surface area contributed by atoms with Crippen molar-refractivity contribution in [1.29, 1.82) is 0 Å². The number of carbonyl (C=O) groups excluding carboxylic acids is 1. The summed E-state index contributed by atoms with van der Waals surface area (Å²) in [4.78, 5) is 31.1. The molecule has 1 saturated carbocycles. The molecule has 10 heteroatoms. The summed E-state index contributed by atoms with van der Waals surface area (Å²) in [5, 5.41) is 8.45. The lowest BCUT2D eigenvalue weighted by Crippen LogP contribution is -2.25. The van der Waals surface area contributed by atoms with Crippen molar-refractivity contribution in [1.82, 2.24) is 9.66 Å². The molecule has 1 amide bonds. The van der Waals surface area contributed by atoms with Gasteiger partial charge in [-0.25, -0.2) is 4.98 Å². The second kappa shape index (κ2) is 12.7. The molecule has 0 spiro atoms. The molecule has 40 heavy (non-hydrogen) atoms. The van der Waals surface area contributed by atoms with Gasteiger partial charge in [-0.2, -0.15) is 9.78 Å². The predicted octanol–water partition coefficient (Wildman–Crippen LogP) is 6.77. The van der Waals surface area contributed by atoms with Crippen LogP contribution >= 0.6 is 27.5 Å². The lowest BCUT2D eigenvalue weighted by molar-refractivity contribution is -0.118. The van der Waals surface area contributed by atoms with E-state index in [0.29, 0.717) is 44.5 Å². The highest BCUT2D eigenvalue weighted by atomic mass is 79.9. The van der Waals surface area contributed by atoms with Crippen LogP contribution < -0.4 is 20.3 Å². The van der Waals surface area contributed by atoms with Crippen LogP contribution in [-0.4, -0.2) is 35.5 Å². The molecule has 206 valence electrons. The Kier molecular flexibility index (Phi) is 8.81. The molecule has 0 unspecified atom stereocenters. The summed E-state index contributed by atoms with van der Waals surface area (Å²) < 4.78 is 13.6. The molecular formula is C30H28BrClN4O4. The molecule has 0 atom stereocenters. The van der Waals surface area contributed by atoms with E-state index in [1.807, 2.05) is 12.1 Å². The summed E-state index contributed by atoms with van der Waals surface area (Å²) in [5.41, 5.74) is 1.56. The van der Waals surface area contributed by atoms with Crippen molar-refractivity contribution in [2.45, 2.75) is 38.0 Å². The van der Waals surface area contributed by atoms with Gasteiger partial charge in [0.2, 0.25) is 0 Å². The van der Waals surface area contributed by atoms with Gasteiger partial charge in [0.1, 0.15) is 5.82 Å². The largest absolute Gasteiger partial charge is 0.493 e. The van der Waals surface area contributed by atoms with Gasteiger partial charge in [0.15, 0.2) is 18.1 Å². The quantitative estimate of drug-likeness (QED) is 0.219. The Balaban J connectivity index is 1.47. The molecule has 4 aromatic rings. The zero-order valence-electron chi connectivity index (χ0n) is 21.9. The van der Waals surface area contributed by atoms with Crippen LogP contribution in [0.5, 0.6) is 11.5 Å². The van der Waals surface area contributed by atoms with Crippen molar-refractivity contribution in [3.63, 3.8) is 0 Å². The van der Waals surface area contributed by atoms with Gasteiger partial charge in [-0.05, 0) is 67.4 Å². The zero-order valence-corrected chi connectivity index (χ0v) is 24.2. The first kappa shape index (κ1) is 27.9. The Bertz CT molecular complexity index is 1620. The molecule has 1 N–H and O–H groups in total. The van der Waals surface area contributed by atoms with Gasteiger partial charge in [-0.15, -0.1) is 0 Å². The molecule has 1 aromatic heterocycles. The van der Waals surface area contributed by atoms with Gasteiger partial charge in [-0.3, -0.25) is 9.59 Å². The topological polar surface area (TPSA) is 94.8 Å². The minimum absolute atomic E-state index is 0.143. The molecule has 8 nitrogen and oxygen atoms in total. The van der Waals surface area contributed by atoms with Gasteiger partial charge >= 0.3 is 0 Å². The number of ether oxygens (including phenoxy) is 2. The van der Waals surface area contributed by atoms with E-state index in [0.717, 1.165) is 30.2 Å². The number of benzene rings is 3. The number of hydrogen-bond donors (Lipinski definition) is 1. The van der Waals surface area contributed by atoms with Crippen molar-refractivity contribution < 1.29 is 14.3 Å². The molecule has 1 aliphatic rings. The van der Waals surface area contributed by atoms with Gasteiger partial charge < -0.3 is 14.8 Å². The number of carbonyl (C=O) groups is 1. The molecule has 0 radical (unpaired) electrons. The summed E-state index contributed by atoms with van der Waals surface area (Å²) in [6.07, 6.45) is 6.83. The van der Waals surface area contributed by atoms with Crippen LogP contribution in [0.3, 0.4) is 0 Å². The van der Waals surface area contributed by atoms with Crippen LogP contribution in [0.4, 0.5) is 5.69 Å². The maximum absolute atomic E-state index is 13.7. The van der Waals surface area contributed by atoms with E-state index in [9.17, 15) is 9.59 Å². The molecule has 0 saturated heterocycles. The van der Waals surface area contributed by atoms with Crippen LogP contribution in [0.25, 0.3) is 10.9 Å². The Morgan fingerprint density at radius 2 is 1.93 bits per heavy atom. The highest BCUT2D eigenvalue weighted by Crippen LogP contribution is 2.33. The number of fused-ring (bicyclic) bond motifs is 1. The number of nitrogens with one attached hydrogen (secondary N) is 1. The summed E-state index contributed by atoms with van der Waals surface area (Å²) in [5.74, 6) is 1.22. The van der Waals surface area contributed by atoms with Gasteiger partial charge in [0, 0.05) is 26.7 Å². The minimum atomic E-state index is -0.351. The number of methoxy groups -OCH3 is 1. The third-order valence-corrected chi connectivity index (χ3v) is 7.57. The third kappa shape index (κ3) is 6.37. The number of halogens is 2. The normalized spacial score (nSPS) is 14.0. The van der Waals surface area contributed by atoms with Crippen molar-refractivity contribution in [2.75, 3.05) is 19.0 Å². The van der Waals surface area contributed by atoms with E-state index in [4.69, 9.17) is 26.1 Å². The SMILES string of the molecule is COc1cccc(C=Nn2c(C3CCCCC3)nc3ccc(Br)cc3c2=O)c1OCC(=O)Nc1ccc(Cl)cc1. The van der Waals surface area contributed by atoms with E-state index in [1.165, 1.54) is 18.2 Å². The molecular weight excluding hydrogens is 596 g/mol. The van der Waals surface area contributed by atoms with Crippen LogP contribution in [0.15, 0.2) is 75.0 Å². The van der Waals surface area contributed by atoms with Crippen LogP contribution in [0, 0.1) is 0 Å². The van der Waals surface area contributed by atoms with E-state index in [2.05, 4.69) is 26.3 Å². The fourth-order valence-corrected chi connectivity index (χ4v) is 5.33. The van der Waals surface area contributed by atoms with E-state index < -0.39 is 0 Å². The second-order valence-corrected chi connectivity index (χ2v) is 10.9. The first-order valence-corrected chi connectivity index (χ1v) is 14.2. The number of hydrogen-bond acceptors (Lipinski definition) is 6. The Labute approximate surface area is 245 Å². The van der Waals surface area contributed by atoms with Gasteiger partial charge in [0.25, 0.3) is 11.5 Å². The van der Waals surface area contributed by atoms with Crippen molar-refractivity contribution in [3.8, 4) is 11.5 Å². The molecule has 1 heterocycles. The smallest absolute Gasteiger partial charge is 0.282 e. The molecule has 0 aliphatic heterocycles. The average molecular weight is 624 g/mol.